The van der Waals surface area contributed by atoms with Gasteiger partial charge in [0.2, 0.25) is 5.82 Å². The lowest BCUT2D eigenvalue weighted by atomic mass is 10.1. The number of amides is 1. The second-order valence-electron chi connectivity index (χ2n) is 6.51. The fraction of sp³-hybridized carbons (Fsp3) is 0.158. The third-order valence-corrected chi connectivity index (χ3v) is 4.57. The number of nitrogens with zero attached hydrogens (tertiary/aromatic N) is 3. The molecule has 0 unspecified atom stereocenters. The van der Waals surface area contributed by atoms with E-state index >= 15 is 0 Å². The van der Waals surface area contributed by atoms with Gasteiger partial charge >= 0.3 is 0 Å². The first-order valence-electron chi connectivity index (χ1n) is 8.63. The molecule has 1 N–H and O–H groups in total. The minimum absolute atomic E-state index is 0.0944. The van der Waals surface area contributed by atoms with Crippen molar-refractivity contribution in [3.8, 4) is 0 Å². The molecule has 0 atom stereocenters. The van der Waals surface area contributed by atoms with Crippen LogP contribution in [0.25, 0.3) is 0 Å². The Kier molecular flexibility index (Phi) is 5.73. The number of carbonyl (C=O) groups is 1. The van der Waals surface area contributed by atoms with Gasteiger partial charge in [0.1, 0.15) is 0 Å². The van der Waals surface area contributed by atoms with Crippen LogP contribution in [0.15, 0.2) is 24.3 Å². The Balaban J connectivity index is 1.90. The summed E-state index contributed by atoms with van der Waals surface area (Å²) in [4.78, 5) is 22.5. The van der Waals surface area contributed by atoms with Crippen molar-refractivity contribution in [3.63, 3.8) is 0 Å². The van der Waals surface area contributed by atoms with Crippen LogP contribution in [0, 0.1) is 53.0 Å². The highest BCUT2D eigenvalue weighted by Gasteiger charge is 2.27. The maximum Gasteiger partial charge on any atom is 0.269 e. The van der Waals surface area contributed by atoms with E-state index in [1.165, 1.54) is 26.0 Å². The molecule has 0 radical (unpaired) electrons. The molecule has 0 bridgehead atoms. The van der Waals surface area contributed by atoms with E-state index in [2.05, 4.69) is 10.4 Å². The molecule has 0 aliphatic rings. The highest BCUT2D eigenvalue weighted by Crippen LogP contribution is 2.26. The largest absolute Gasteiger partial charge is 0.319 e. The molecular formula is C19H13F5N4O3. The van der Waals surface area contributed by atoms with Crippen molar-refractivity contribution >= 4 is 17.3 Å². The van der Waals surface area contributed by atoms with Crippen LogP contribution in [0.3, 0.4) is 0 Å². The molecule has 0 saturated carbocycles. The second-order valence-corrected chi connectivity index (χ2v) is 6.51. The van der Waals surface area contributed by atoms with Crippen LogP contribution in [0.2, 0.25) is 0 Å². The number of aryl methyl sites for hydroxylation is 1. The van der Waals surface area contributed by atoms with Gasteiger partial charge in [-0.25, -0.2) is 22.0 Å². The van der Waals surface area contributed by atoms with Gasteiger partial charge in [-0.1, -0.05) is 0 Å². The van der Waals surface area contributed by atoms with Crippen molar-refractivity contribution < 1.29 is 31.7 Å². The third-order valence-electron chi connectivity index (χ3n) is 4.57. The maximum absolute atomic E-state index is 14.0. The van der Waals surface area contributed by atoms with E-state index in [9.17, 15) is 36.9 Å². The van der Waals surface area contributed by atoms with Gasteiger partial charge in [-0.05, 0) is 26.0 Å². The molecule has 3 aromatic rings. The van der Waals surface area contributed by atoms with E-state index < -0.39 is 52.0 Å². The Labute approximate surface area is 171 Å². The Hall–Kier alpha value is -3.83. The third kappa shape index (κ3) is 3.96. The molecule has 0 aliphatic carbocycles. The zero-order valence-corrected chi connectivity index (χ0v) is 16.0. The number of aromatic nitrogens is 2. The van der Waals surface area contributed by atoms with Crippen molar-refractivity contribution in [2.75, 3.05) is 5.32 Å². The molecule has 12 heteroatoms. The maximum atomic E-state index is 14.0. The fourth-order valence-corrected chi connectivity index (χ4v) is 2.89. The normalized spacial score (nSPS) is 10.9. The summed E-state index contributed by atoms with van der Waals surface area (Å²) in [6.45, 7) is 2.12. The van der Waals surface area contributed by atoms with Crippen LogP contribution in [-0.4, -0.2) is 20.6 Å². The van der Waals surface area contributed by atoms with Crippen molar-refractivity contribution in [1.82, 2.24) is 9.78 Å². The highest BCUT2D eigenvalue weighted by molar-refractivity contribution is 6.05. The number of carbonyl (C=O) groups excluding carboxylic acids is 1. The number of halogens is 5. The van der Waals surface area contributed by atoms with Crippen LogP contribution < -0.4 is 5.32 Å². The van der Waals surface area contributed by atoms with Crippen LogP contribution in [-0.2, 0) is 6.54 Å². The summed E-state index contributed by atoms with van der Waals surface area (Å²) in [5, 5.41) is 17.2. The van der Waals surface area contributed by atoms with Crippen molar-refractivity contribution in [1.29, 1.82) is 0 Å². The lowest BCUT2D eigenvalue weighted by Crippen LogP contribution is -2.14. The fourth-order valence-electron chi connectivity index (χ4n) is 2.89. The molecule has 3 rings (SSSR count). The van der Waals surface area contributed by atoms with Gasteiger partial charge in [0.15, 0.2) is 23.3 Å². The van der Waals surface area contributed by atoms with Crippen LogP contribution in [0.5, 0.6) is 0 Å². The first-order chi connectivity index (χ1) is 14.5. The van der Waals surface area contributed by atoms with Crippen LogP contribution >= 0.6 is 0 Å². The monoisotopic (exact) mass is 440 g/mol. The zero-order valence-electron chi connectivity index (χ0n) is 16.0. The average Bonchev–Trinajstić information content (AvgIpc) is 3.01. The van der Waals surface area contributed by atoms with E-state index in [-0.39, 0.29) is 28.3 Å². The molecule has 162 valence electrons. The quantitative estimate of drug-likeness (QED) is 0.209. The SMILES string of the molecule is Cc1nn(Cc2c(F)c(F)c(F)c(F)c2F)c(C)c1NC(=O)c1ccc([N+](=O)[O-])cc1. The first-order valence-corrected chi connectivity index (χ1v) is 8.63. The number of anilines is 1. The minimum atomic E-state index is -2.26. The van der Waals surface area contributed by atoms with E-state index in [1.807, 2.05) is 0 Å². The summed E-state index contributed by atoms with van der Waals surface area (Å²) in [6.07, 6.45) is 0. The van der Waals surface area contributed by atoms with Crippen LogP contribution in [0.1, 0.15) is 27.3 Å². The Morgan fingerprint density at radius 1 is 1.00 bits per heavy atom. The molecule has 0 fully saturated rings. The smallest absolute Gasteiger partial charge is 0.269 e. The Bertz CT molecular complexity index is 1180. The number of nitro benzene ring substituents is 1. The average molecular weight is 440 g/mol. The predicted octanol–water partition coefficient (Wildman–Crippen LogP) is 4.40. The van der Waals surface area contributed by atoms with Gasteiger partial charge in [-0.2, -0.15) is 5.10 Å². The lowest BCUT2D eigenvalue weighted by molar-refractivity contribution is -0.384. The second kappa shape index (κ2) is 8.13. The van der Waals surface area contributed by atoms with Crippen molar-refractivity contribution in [2.45, 2.75) is 20.4 Å². The number of nitrogens with one attached hydrogen (secondary N) is 1. The summed E-state index contributed by atoms with van der Waals surface area (Å²) < 4.78 is 69.0. The molecular weight excluding hydrogens is 427 g/mol. The first kappa shape index (κ1) is 21.9. The van der Waals surface area contributed by atoms with Gasteiger partial charge in [-0.3, -0.25) is 19.6 Å². The van der Waals surface area contributed by atoms with Gasteiger partial charge in [0.05, 0.1) is 34.1 Å². The van der Waals surface area contributed by atoms with E-state index in [4.69, 9.17) is 0 Å². The number of hydrogen-bond donors (Lipinski definition) is 1. The topological polar surface area (TPSA) is 90.1 Å². The zero-order chi connectivity index (χ0) is 23.0. The van der Waals surface area contributed by atoms with Gasteiger partial charge in [-0.15, -0.1) is 0 Å². The molecule has 0 aliphatic heterocycles. The number of hydrogen-bond acceptors (Lipinski definition) is 4. The summed E-state index contributed by atoms with van der Waals surface area (Å²) in [6, 6.07) is 4.75. The van der Waals surface area contributed by atoms with Crippen molar-refractivity contribution in [3.05, 3.63) is 86.0 Å². The lowest BCUT2D eigenvalue weighted by Gasteiger charge is -2.10. The van der Waals surface area contributed by atoms with Crippen molar-refractivity contribution in [2.24, 2.45) is 0 Å². The minimum Gasteiger partial charge on any atom is -0.319 e. The summed E-state index contributed by atoms with van der Waals surface area (Å²) in [5.41, 5.74) is -0.618. The highest BCUT2D eigenvalue weighted by atomic mass is 19.2. The van der Waals surface area contributed by atoms with Crippen LogP contribution in [0.4, 0.5) is 33.3 Å². The number of nitro groups is 1. The molecule has 0 spiro atoms. The molecule has 0 saturated heterocycles. The summed E-state index contributed by atoms with van der Waals surface area (Å²) in [7, 11) is 0. The summed E-state index contributed by atoms with van der Waals surface area (Å²) >= 11 is 0. The number of rotatable bonds is 5. The van der Waals surface area contributed by atoms with Gasteiger partial charge in [0, 0.05) is 17.7 Å². The molecule has 7 nitrogen and oxygen atoms in total. The number of benzene rings is 2. The molecule has 1 aromatic heterocycles. The van der Waals surface area contributed by atoms with E-state index in [0.29, 0.717) is 0 Å². The van der Waals surface area contributed by atoms with Gasteiger partial charge < -0.3 is 5.32 Å². The van der Waals surface area contributed by atoms with E-state index in [0.717, 1.165) is 16.8 Å². The molecule has 1 heterocycles. The number of non-ortho nitro benzene ring substituents is 1. The Morgan fingerprint density at radius 3 is 2.03 bits per heavy atom. The van der Waals surface area contributed by atoms with E-state index in [1.54, 1.807) is 0 Å². The standard InChI is InChI=1S/C19H13F5N4O3/c1-8-18(25-19(29)10-3-5-11(6-4-10)28(30)31)9(2)27(26-8)7-12-13(20)15(22)17(24)16(23)14(12)21/h3-6H,7H2,1-2H3,(H,25,29). The molecule has 2 aromatic carbocycles. The Morgan fingerprint density at radius 2 is 1.52 bits per heavy atom. The molecule has 1 amide bonds. The predicted molar refractivity (Wildman–Crippen MR) is 98.1 cm³/mol. The summed E-state index contributed by atoms with van der Waals surface area (Å²) in [5.74, 6) is -11.0. The van der Waals surface area contributed by atoms with Gasteiger partial charge in [0.25, 0.3) is 11.6 Å². The molecule has 31 heavy (non-hydrogen) atoms.